The van der Waals surface area contributed by atoms with E-state index in [0.717, 1.165) is 44.0 Å². The lowest BCUT2D eigenvalue weighted by Gasteiger charge is -2.20. The van der Waals surface area contributed by atoms with Crippen LogP contribution in [-0.4, -0.2) is 35.8 Å². The summed E-state index contributed by atoms with van der Waals surface area (Å²) in [5.74, 6) is 1.45. The SMILES string of the molecule is CCCOc1ccc(C=NNc2nc(N)cs2)cc1CN(CC)CC. The van der Waals surface area contributed by atoms with Crippen molar-refractivity contribution in [1.82, 2.24) is 9.88 Å². The van der Waals surface area contributed by atoms with E-state index in [1.54, 1.807) is 11.6 Å². The van der Waals surface area contributed by atoms with Crippen molar-refractivity contribution >= 4 is 28.5 Å². The van der Waals surface area contributed by atoms with Gasteiger partial charge in [0.25, 0.3) is 0 Å². The zero-order valence-corrected chi connectivity index (χ0v) is 16.0. The Morgan fingerprint density at radius 3 is 2.76 bits per heavy atom. The Kier molecular flexibility index (Phi) is 7.69. The van der Waals surface area contributed by atoms with Gasteiger partial charge in [0.15, 0.2) is 0 Å². The van der Waals surface area contributed by atoms with E-state index in [9.17, 15) is 0 Å². The summed E-state index contributed by atoms with van der Waals surface area (Å²) in [5, 5.41) is 6.70. The molecule has 0 bridgehead atoms. The third kappa shape index (κ3) is 6.03. The fourth-order valence-corrected chi connectivity index (χ4v) is 2.89. The van der Waals surface area contributed by atoms with Crippen LogP contribution in [0.25, 0.3) is 0 Å². The molecule has 0 amide bonds. The smallest absolute Gasteiger partial charge is 0.205 e. The lowest BCUT2D eigenvalue weighted by atomic mass is 10.1. The average molecular weight is 362 g/mol. The van der Waals surface area contributed by atoms with Gasteiger partial charge in [-0.1, -0.05) is 20.8 Å². The van der Waals surface area contributed by atoms with E-state index in [-0.39, 0.29) is 0 Å². The number of hydrogen-bond acceptors (Lipinski definition) is 7. The van der Waals surface area contributed by atoms with Crippen molar-refractivity contribution in [2.75, 3.05) is 30.9 Å². The first-order valence-electron chi connectivity index (χ1n) is 8.64. The Hall–Kier alpha value is -2.12. The van der Waals surface area contributed by atoms with E-state index >= 15 is 0 Å². The number of nitrogens with two attached hydrogens (primary N) is 1. The van der Waals surface area contributed by atoms with Gasteiger partial charge in [-0.3, -0.25) is 10.3 Å². The zero-order chi connectivity index (χ0) is 18.1. The Labute approximate surface area is 153 Å². The normalized spacial score (nSPS) is 11.4. The molecular weight excluding hydrogens is 334 g/mol. The molecule has 1 aromatic heterocycles. The van der Waals surface area contributed by atoms with Gasteiger partial charge in [-0.2, -0.15) is 5.10 Å². The predicted molar refractivity (Wildman–Crippen MR) is 107 cm³/mol. The summed E-state index contributed by atoms with van der Waals surface area (Å²) < 4.78 is 5.90. The quantitative estimate of drug-likeness (QED) is 0.497. The number of aromatic nitrogens is 1. The Morgan fingerprint density at radius 2 is 2.12 bits per heavy atom. The molecule has 0 radical (unpaired) electrons. The zero-order valence-electron chi connectivity index (χ0n) is 15.2. The van der Waals surface area contributed by atoms with Gasteiger partial charge in [-0.25, -0.2) is 4.98 Å². The number of benzene rings is 1. The lowest BCUT2D eigenvalue weighted by molar-refractivity contribution is 0.277. The molecule has 0 fully saturated rings. The van der Waals surface area contributed by atoms with Crippen LogP contribution in [0.5, 0.6) is 5.75 Å². The minimum absolute atomic E-state index is 0.502. The van der Waals surface area contributed by atoms with E-state index in [0.29, 0.717) is 10.9 Å². The van der Waals surface area contributed by atoms with Crippen molar-refractivity contribution in [2.45, 2.75) is 33.7 Å². The first kappa shape index (κ1) is 19.2. The summed E-state index contributed by atoms with van der Waals surface area (Å²) in [4.78, 5) is 6.48. The van der Waals surface area contributed by atoms with Crippen LogP contribution in [0.15, 0.2) is 28.7 Å². The second-order valence-electron chi connectivity index (χ2n) is 5.62. The van der Waals surface area contributed by atoms with Crippen molar-refractivity contribution < 1.29 is 4.74 Å². The third-order valence-corrected chi connectivity index (χ3v) is 4.50. The van der Waals surface area contributed by atoms with Crippen LogP contribution >= 0.6 is 11.3 Å². The van der Waals surface area contributed by atoms with Crippen molar-refractivity contribution in [2.24, 2.45) is 5.10 Å². The van der Waals surface area contributed by atoms with E-state index in [4.69, 9.17) is 10.5 Å². The number of nitrogens with zero attached hydrogens (tertiary/aromatic N) is 3. The van der Waals surface area contributed by atoms with E-state index < -0.39 is 0 Å². The molecule has 0 aliphatic heterocycles. The summed E-state index contributed by atoms with van der Waals surface area (Å²) in [6, 6.07) is 6.17. The number of nitrogen functional groups attached to an aromatic ring is 1. The molecular formula is C18H27N5OS. The fourth-order valence-electron chi connectivity index (χ4n) is 2.34. The van der Waals surface area contributed by atoms with Gasteiger partial charge in [0.1, 0.15) is 11.6 Å². The minimum Gasteiger partial charge on any atom is -0.493 e. The molecule has 136 valence electrons. The molecule has 0 atom stereocenters. The second kappa shape index (κ2) is 10.0. The molecule has 0 saturated carbocycles. The molecule has 0 unspecified atom stereocenters. The highest BCUT2D eigenvalue weighted by Crippen LogP contribution is 2.22. The molecule has 2 rings (SSSR count). The van der Waals surface area contributed by atoms with Crippen LogP contribution < -0.4 is 15.9 Å². The maximum absolute atomic E-state index is 5.90. The first-order valence-corrected chi connectivity index (χ1v) is 9.52. The number of nitrogens with one attached hydrogen (secondary N) is 1. The lowest BCUT2D eigenvalue weighted by Crippen LogP contribution is -2.22. The highest BCUT2D eigenvalue weighted by Gasteiger charge is 2.09. The first-order chi connectivity index (χ1) is 12.2. The highest BCUT2D eigenvalue weighted by molar-refractivity contribution is 7.14. The summed E-state index contributed by atoms with van der Waals surface area (Å²) in [7, 11) is 0. The summed E-state index contributed by atoms with van der Waals surface area (Å²) >= 11 is 1.43. The molecule has 1 heterocycles. The van der Waals surface area contributed by atoms with Gasteiger partial charge in [-0.15, -0.1) is 11.3 Å². The minimum atomic E-state index is 0.502. The Morgan fingerprint density at radius 1 is 1.32 bits per heavy atom. The van der Waals surface area contributed by atoms with Crippen LogP contribution in [0, 0.1) is 0 Å². The van der Waals surface area contributed by atoms with Gasteiger partial charge < -0.3 is 10.5 Å². The van der Waals surface area contributed by atoms with Gasteiger partial charge in [0.05, 0.1) is 12.8 Å². The summed E-state index contributed by atoms with van der Waals surface area (Å²) in [6.07, 6.45) is 2.78. The molecule has 0 aliphatic rings. The maximum atomic E-state index is 5.90. The summed E-state index contributed by atoms with van der Waals surface area (Å²) in [5.41, 5.74) is 10.7. The molecule has 1 aromatic carbocycles. The van der Waals surface area contributed by atoms with Crippen molar-refractivity contribution in [3.8, 4) is 5.75 Å². The van der Waals surface area contributed by atoms with Crippen LogP contribution in [0.4, 0.5) is 10.9 Å². The number of anilines is 2. The molecule has 2 aromatic rings. The maximum Gasteiger partial charge on any atom is 0.205 e. The number of rotatable bonds is 10. The van der Waals surface area contributed by atoms with Gasteiger partial charge >= 0.3 is 0 Å². The standard InChI is InChI=1S/C18H27N5OS/c1-4-9-24-16-8-7-14(10-15(16)12-23(5-2)6-3)11-20-22-18-21-17(19)13-25-18/h7-8,10-11,13H,4-6,9,12,19H2,1-3H3,(H,21,22). The van der Waals surface area contributed by atoms with Crippen LogP contribution in [0.1, 0.15) is 38.3 Å². The molecule has 6 nitrogen and oxygen atoms in total. The number of thiazole rings is 1. The Balaban J connectivity index is 2.12. The molecule has 25 heavy (non-hydrogen) atoms. The van der Waals surface area contributed by atoms with Crippen LogP contribution in [0.2, 0.25) is 0 Å². The Bertz CT molecular complexity index is 682. The number of hydrogen-bond donors (Lipinski definition) is 2. The summed E-state index contributed by atoms with van der Waals surface area (Å²) in [6.45, 7) is 10.1. The fraction of sp³-hybridized carbons (Fsp3) is 0.444. The second-order valence-corrected chi connectivity index (χ2v) is 6.48. The van der Waals surface area contributed by atoms with Crippen molar-refractivity contribution in [3.63, 3.8) is 0 Å². The number of ether oxygens (including phenoxy) is 1. The van der Waals surface area contributed by atoms with E-state index in [1.165, 1.54) is 16.9 Å². The monoisotopic (exact) mass is 361 g/mol. The average Bonchev–Trinajstić information content (AvgIpc) is 3.04. The molecule has 3 N–H and O–H groups in total. The van der Waals surface area contributed by atoms with Crippen molar-refractivity contribution in [3.05, 3.63) is 34.7 Å². The highest BCUT2D eigenvalue weighted by atomic mass is 32.1. The van der Waals surface area contributed by atoms with E-state index in [1.807, 2.05) is 12.1 Å². The molecule has 0 aliphatic carbocycles. The van der Waals surface area contributed by atoms with Gasteiger partial charge in [0, 0.05) is 17.5 Å². The van der Waals surface area contributed by atoms with Gasteiger partial charge in [-0.05, 0) is 43.3 Å². The van der Waals surface area contributed by atoms with E-state index in [2.05, 4.69) is 47.2 Å². The van der Waals surface area contributed by atoms with Crippen molar-refractivity contribution in [1.29, 1.82) is 0 Å². The molecule has 0 spiro atoms. The molecule has 7 heteroatoms. The third-order valence-electron chi connectivity index (χ3n) is 3.73. The van der Waals surface area contributed by atoms with Crippen LogP contribution in [-0.2, 0) is 6.54 Å². The topological polar surface area (TPSA) is 75.8 Å². The largest absolute Gasteiger partial charge is 0.493 e. The molecule has 0 saturated heterocycles. The number of hydrazone groups is 1. The van der Waals surface area contributed by atoms with Gasteiger partial charge in [0.2, 0.25) is 5.13 Å². The van der Waals surface area contributed by atoms with Crippen LogP contribution in [0.3, 0.4) is 0 Å². The predicted octanol–water partition coefficient (Wildman–Crippen LogP) is 3.80.